The molecule has 314 valence electrons. The first-order valence-corrected chi connectivity index (χ1v) is 24.0. The molecule has 9 aromatic carbocycles. The summed E-state index contributed by atoms with van der Waals surface area (Å²) in [5.74, 6) is 4.87. The molecule has 0 nitrogen and oxygen atoms in total. The molecule has 0 bridgehead atoms. The smallest absolute Gasteiger partial charge is 0.366 e. The van der Waals surface area contributed by atoms with Gasteiger partial charge in [-0.3, -0.25) is 11.8 Å². The summed E-state index contributed by atoms with van der Waals surface area (Å²) in [6.07, 6.45) is 16.3. The van der Waals surface area contributed by atoms with E-state index in [2.05, 4.69) is 224 Å². The molecule has 0 spiro atoms. The summed E-state index contributed by atoms with van der Waals surface area (Å²) < 4.78 is 0. The van der Waals surface area contributed by atoms with Crippen molar-refractivity contribution in [3.8, 4) is 34.1 Å². The van der Waals surface area contributed by atoms with Gasteiger partial charge >= 0.3 is 44.8 Å². The van der Waals surface area contributed by atoms with Crippen LogP contribution in [0.4, 0.5) is 0 Å². The van der Waals surface area contributed by atoms with Crippen molar-refractivity contribution in [1.82, 2.24) is 0 Å². The number of benzene rings is 9. The molecule has 0 N–H and O–H groups in total. The zero-order chi connectivity index (χ0) is 42.1. The number of hydrogen-bond acceptors (Lipinski definition) is 0. The summed E-state index contributed by atoms with van der Waals surface area (Å²) in [7, 11) is -2.28. The van der Waals surface area contributed by atoms with Crippen LogP contribution < -0.4 is 31.8 Å². The molecule has 0 aliphatic heterocycles. The molecular weight excluding hydrogens is 1180 g/mol. The van der Waals surface area contributed by atoms with Crippen LogP contribution in [0.5, 0.6) is 0 Å². The first-order valence-electron chi connectivity index (χ1n) is 21.0. The van der Waals surface area contributed by atoms with Crippen LogP contribution in [0.25, 0.3) is 22.3 Å². The van der Waals surface area contributed by atoms with E-state index in [0.29, 0.717) is 0 Å². The van der Waals surface area contributed by atoms with Crippen LogP contribution in [0, 0.1) is 24.7 Å². The van der Waals surface area contributed by atoms with Gasteiger partial charge in [-0.25, -0.2) is 0 Å². The van der Waals surface area contributed by atoms with E-state index in [1.807, 2.05) is 18.2 Å². The fourth-order valence-electron chi connectivity index (χ4n) is 8.72. The molecular formula is C60H44Au2P2+2. The molecule has 0 amide bonds. The zero-order valence-electron chi connectivity index (χ0n) is 35.0. The van der Waals surface area contributed by atoms with E-state index in [9.17, 15) is 0 Å². The minimum atomic E-state index is -1.14. The summed E-state index contributed by atoms with van der Waals surface area (Å²) in [5, 5.41) is 8.71. The molecule has 0 fully saturated rings. The van der Waals surface area contributed by atoms with Crippen molar-refractivity contribution in [1.29, 1.82) is 0 Å². The van der Waals surface area contributed by atoms with Crippen molar-refractivity contribution >= 4 is 47.7 Å². The van der Waals surface area contributed by atoms with E-state index < -0.39 is 15.8 Å². The van der Waals surface area contributed by atoms with Crippen molar-refractivity contribution in [2.75, 3.05) is 0 Å². The Morgan fingerprint density at radius 2 is 0.625 bits per heavy atom. The number of fused-ring (bicyclic) bond motifs is 6. The standard InChI is InChI=1S/C30H24P2.2C15H9.2Au/c1-5-15-25(16-6-1)31(26-17-7-2-8-18-26)29-23-13-14-24-30(29)32(27-19-9-3-10-20-27)28-21-11-4-12-22-28;1-2-11-7-8-15-13(9-11)10-12-5-3-4-6-14(12)15;1-2-11-7-8-13-10-12-5-3-4-6-14(12)15(13)9-11;;/h1-24H;2*3-9H,10H2;;/q;2*-1;2*+1/p+2. The summed E-state index contributed by atoms with van der Waals surface area (Å²) in [5.41, 5.74) is 12.4. The van der Waals surface area contributed by atoms with Crippen LogP contribution in [0.15, 0.2) is 231 Å². The fraction of sp³-hybridized carbons (Fsp3) is 0.0333. The van der Waals surface area contributed by atoms with Crippen LogP contribution >= 0.6 is 15.8 Å². The molecule has 4 heteroatoms. The van der Waals surface area contributed by atoms with Gasteiger partial charge < -0.3 is 12.8 Å². The second-order valence-electron chi connectivity index (χ2n) is 15.4. The Morgan fingerprint density at radius 1 is 0.297 bits per heavy atom. The van der Waals surface area contributed by atoms with Crippen molar-refractivity contribution in [2.24, 2.45) is 0 Å². The Morgan fingerprint density at radius 3 is 1.08 bits per heavy atom. The summed E-state index contributed by atoms with van der Waals surface area (Å²) >= 11 is 0. The zero-order valence-corrected chi connectivity index (χ0v) is 41.3. The van der Waals surface area contributed by atoms with Crippen LogP contribution in [-0.4, -0.2) is 0 Å². The third-order valence-electron chi connectivity index (χ3n) is 11.6. The molecule has 0 atom stereocenters. The Hall–Kier alpha value is -5.56. The van der Waals surface area contributed by atoms with Gasteiger partial charge in [0.05, 0.1) is 0 Å². The SMILES string of the molecule is [Au+].[Au+].[C-]#Cc1ccc2c(c1)-c1ccccc1C2.[C-]#Cc1ccc2c(c1)Cc1ccccc1-2.c1ccc([PH+](c2ccccc2)c2ccccc2[PH+](c2ccccc2)c2ccccc2)cc1. The van der Waals surface area contributed by atoms with E-state index in [1.165, 1.54) is 76.3 Å². The first-order chi connectivity index (χ1) is 30.7. The summed E-state index contributed by atoms with van der Waals surface area (Å²) in [6, 6.07) is 82.6. The van der Waals surface area contributed by atoms with Gasteiger partial charge in [0, 0.05) is 0 Å². The molecule has 9 aromatic rings. The molecule has 64 heavy (non-hydrogen) atoms. The van der Waals surface area contributed by atoms with Crippen LogP contribution in [0.3, 0.4) is 0 Å². The van der Waals surface area contributed by atoms with E-state index in [0.717, 1.165) is 24.0 Å². The second kappa shape index (κ2) is 22.4. The van der Waals surface area contributed by atoms with E-state index in [-0.39, 0.29) is 44.8 Å². The average Bonchev–Trinajstić information content (AvgIpc) is 3.92. The maximum absolute atomic E-state index is 7.14. The van der Waals surface area contributed by atoms with Crippen LogP contribution in [0.2, 0.25) is 0 Å². The maximum atomic E-state index is 7.14. The van der Waals surface area contributed by atoms with E-state index >= 15 is 0 Å². The van der Waals surface area contributed by atoms with Gasteiger partial charge in [-0.2, -0.15) is 0 Å². The topological polar surface area (TPSA) is 0 Å². The molecule has 11 rings (SSSR count). The maximum Gasteiger partial charge on any atom is 1.00 e. The minimum Gasteiger partial charge on any atom is -0.366 e. The van der Waals surface area contributed by atoms with Crippen molar-refractivity contribution in [3.63, 3.8) is 0 Å². The minimum absolute atomic E-state index is 0. The predicted molar refractivity (Wildman–Crippen MR) is 268 cm³/mol. The molecule has 0 saturated carbocycles. The van der Waals surface area contributed by atoms with Crippen LogP contribution in [-0.2, 0) is 57.6 Å². The van der Waals surface area contributed by atoms with Gasteiger partial charge in [0.15, 0.2) is 0 Å². The van der Waals surface area contributed by atoms with Gasteiger partial charge in [-0.05, 0) is 112 Å². The van der Waals surface area contributed by atoms with E-state index in [4.69, 9.17) is 12.8 Å². The Bertz CT molecular complexity index is 2860. The Labute approximate surface area is 412 Å². The quantitative estimate of drug-likeness (QED) is 0.0674. The molecule has 2 aliphatic rings. The van der Waals surface area contributed by atoms with Gasteiger partial charge in [0.1, 0.15) is 47.7 Å². The molecule has 0 aromatic heterocycles. The molecule has 0 saturated heterocycles. The number of hydrogen-bond donors (Lipinski definition) is 0. The Balaban J connectivity index is 0.000000159. The largest absolute Gasteiger partial charge is 1.00 e. The number of rotatable bonds is 6. The van der Waals surface area contributed by atoms with Gasteiger partial charge in [-0.1, -0.05) is 151 Å². The third kappa shape index (κ3) is 10.4. The van der Waals surface area contributed by atoms with Gasteiger partial charge in [0.2, 0.25) is 0 Å². The fourth-order valence-corrected chi connectivity index (χ4v) is 14.7. The van der Waals surface area contributed by atoms with Gasteiger partial charge in [-0.15, -0.1) is 35.4 Å². The van der Waals surface area contributed by atoms with Crippen molar-refractivity contribution in [2.45, 2.75) is 12.8 Å². The average molecular weight is 1220 g/mol. The summed E-state index contributed by atoms with van der Waals surface area (Å²) in [4.78, 5) is 0. The molecule has 2 aliphatic carbocycles. The monoisotopic (exact) mass is 1220 g/mol. The third-order valence-corrected chi connectivity index (χ3v) is 17.4. The Kier molecular flexibility index (Phi) is 16.2. The summed E-state index contributed by atoms with van der Waals surface area (Å²) in [6.45, 7) is 0. The van der Waals surface area contributed by atoms with Crippen molar-refractivity contribution < 1.29 is 44.8 Å². The molecule has 0 radical (unpaired) electrons. The normalized spacial score (nSPS) is 11.0. The first kappa shape index (κ1) is 46.4. The molecule has 0 unspecified atom stereocenters. The van der Waals surface area contributed by atoms with Crippen LogP contribution in [0.1, 0.15) is 33.4 Å². The van der Waals surface area contributed by atoms with Gasteiger partial charge in [0.25, 0.3) is 0 Å². The van der Waals surface area contributed by atoms with E-state index in [1.54, 1.807) is 0 Å². The van der Waals surface area contributed by atoms with Crippen molar-refractivity contribution in [3.05, 3.63) is 277 Å². The molecule has 0 heterocycles. The predicted octanol–water partition coefficient (Wildman–Crippen LogP) is 11.1. The second-order valence-corrected chi connectivity index (χ2v) is 20.3.